The van der Waals surface area contributed by atoms with Gasteiger partial charge in [0.1, 0.15) is 6.07 Å². The summed E-state index contributed by atoms with van der Waals surface area (Å²) in [5, 5.41) is 8.73. The van der Waals surface area contributed by atoms with Gasteiger partial charge in [-0.3, -0.25) is 9.78 Å². The van der Waals surface area contributed by atoms with E-state index >= 15 is 0 Å². The van der Waals surface area contributed by atoms with Gasteiger partial charge in [0.25, 0.3) is 0 Å². The quantitative estimate of drug-likeness (QED) is 0.652. The molecule has 1 heterocycles. The fourth-order valence-corrected chi connectivity index (χ4v) is 1.09. The number of ether oxygens (including phenoxy) is 1. The van der Waals surface area contributed by atoms with Crippen molar-refractivity contribution in [2.75, 3.05) is 7.11 Å². The zero-order valence-corrected chi connectivity index (χ0v) is 8.07. The molecule has 1 aromatic heterocycles. The highest BCUT2D eigenvalue weighted by Crippen LogP contribution is 2.11. The van der Waals surface area contributed by atoms with Gasteiger partial charge in [-0.15, -0.1) is 0 Å². The Morgan fingerprint density at radius 3 is 2.93 bits per heavy atom. The molecule has 0 bridgehead atoms. The molecule has 0 aliphatic rings. The Morgan fingerprint density at radius 2 is 2.36 bits per heavy atom. The van der Waals surface area contributed by atoms with Crippen LogP contribution >= 0.6 is 0 Å². The van der Waals surface area contributed by atoms with Gasteiger partial charge in [-0.2, -0.15) is 5.26 Å². The summed E-state index contributed by atoms with van der Waals surface area (Å²) in [7, 11) is 1.33. The lowest BCUT2D eigenvalue weighted by atomic mass is 10.0. The molecule has 0 atom stereocenters. The summed E-state index contributed by atoms with van der Waals surface area (Å²) in [6.45, 7) is 1.79. The van der Waals surface area contributed by atoms with Crippen molar-refractivity contribution in [2.24, 2.45) is 0 Å². The molecular formula is C10H10N2O2. The summed E-state index contributed by atoms with van der Waals surface area (Å²) in [5.74, 6) is -0.329. The molecule has 0 saturated heterocycles. The summed E-state index contributed by atoms with van der Waals surface area (Å²) in [6, 6.07) is 2.01. The lowest BCUT2D eigenvalue weighted by molar-refractivity contribution is -0.139. The first-order valence-corrected chi connectivity index (χ1v) is 4.09. The Bertz CT molecular complexity index is 394. The number of esters is 1. The monoisotopic (exact) mass is 190 g/mol. The van der Waals surface area contributed by atoms with Crippen molar-refractivity contribution in [1.29, 1.82) is 5.26 Å². The maximum Gasteiger partial charge on any atom is 0.310 e. The van der Waals surface area contributed by atoms with Crippen LogP contribution in [-0.4, -0.2) is 18.1 Å². The first kappa shape index (κ1) is 10.2. The van der Waals surface area contributed by atoms with E-state index < -0.39 is 0 Å². The highest BCUT2D eigenvalue weighted by atomic mass is 16.5. The lowest BCUT2D eigenvalue weighted by Gasteiger charge is -2.04. The third-order valence-corrected chi connectivity index (χ3v) is 2.00. The topological polar surface area (TPSA) is 63.0 Å². The van der Waals surface area contributed by atoms with Crippen LogP contribution in [0.5, 0.6) is 0 Å². The van der Waals surface area contributed by atoms with Crippen LogP contribution in [0.15, 0.2) is 12.4 Å². The Morgan fingerprint density at radius 1 is 1.64 bits per heavy atom. The number of rotatable bonds is 2. The third kappa shape index (κ3) is 2.07. The van der Waals surface area contributed by atoms with E-state index in [2.05, 4.69) is 9.72 Å². The van der Waals surface area contributed by atoms with Gasteiger partial charge in [0.05, 0.1) is 19.1 Å². The van der Waals surface area contributed by atoms with Gasteiger partial charge in [-0.1, -0.05) is 0 Å². The summed E-state index contributed by atoms with van der Waals surface area (Å²) < 4.78 is 4.53. The molecule has 0 N–H and O–H groups in total. The lowest BCUT2D eigenvalue weighted by Crippen LogP contribution is -2.07. The molecule has 0 unspecified atom stereocenters. The van der Waals surface area contributed by atoms with Crippen LogP contribution in [0.2, 0.25) is 0 Å². The van der Waals surface area contributed by atoms with Gasteiger partial charge in [0.2, 0.25) is 0 Å². The van der Waals surface area contributed by atoms with Crippen LogP contribution in [-0.2, 0) is 16.0 Å². The Kier molecular flexibility index (Phi) is 3.19. The molecule has 0 fully saturated rings. The van der Waals surface area contributed by atoms with Crippen molar-refractivity contribution < 1.29 is 9.53 Å². The fraction of sp³-hybridized carbons (Fsp3) is 0.300. The summed E-state index contributed by atoms with van der Waals surface area (Å²) in [4.78, 5) is 14.9. The summed E-state index contributed by atoms with van der Waals surface area (Å²) in [5.41, 5.74) is 2.01. The third-order valence-electron chi connectivity index (χ3n) is 2.00. The Hall–Kier alpha value is -1.89. The SMILES string of the molecule is COC(=O)Cc1cncc(C#N)c1C. The van der Waals surface area contributed by atoms with E-state index in [-0.39, 0.29) is 12.4 Å². The smallest absolute Gasteiger partial charge is 0.310 e. The number of hydrogen-bond acceptors (Lipinski definition) is 4. The van der Waals surface area contributed by atoms with Crippen LogP contribution in [0.4, 0.5) is 0 Å². The zero-order valence-electron chi connectivity index (χ0n) is 8.07. The molecular weight excluding hydrogens is 180 g/mol. The highest BCUT2D eigenvalue weighted by molar-refractivity contribution is 5.73. The number of nitrogens with zero attached hydrogens (tertiary/aromatic N) is 2. The number of carbonyl (C=O) groups excluding carboxylic acids is 1. The van der Waals surface area contributed by atoms with Crippen molar-refractivity contribution in [2.45, 2.75) is 13.3 Å². The minimum absolute atomic E-state index is 0.158. The predicted molar refractivity (Wildman–Crippen MR) is 49.4 cm³/mol. The average molecular weight is 190 g/mol. The largest absolute Gasteiger partial charge is 0.469 e. The number of hydrogen-bond donors (Lipinski definition) is 0. The highest BCUT2D eigenvalue weighted by Gasteiger charge is 2.08. The van der Waals surface area contributed by atoms with Crippen LogP contribution in [0, 0.1) is 18.3 Å². The summed E-state index contributed by atoms with van der Waals surface area (Å²) >= 11 is 0. The first-order valence-electron chi connectivity index (χ1n) is 4.09. The van der Waals surface area contributed by atoms with E-state index in [4.69, 9.17) is 5.26 Å². The molecule has 72 valence electrons. The average Bonchev–Trinajstić information content (AvgIpc) is 2.21. The maximum absolute atomic E-state index is 11.0. The predicted octanol–water partition coefficient (Wildman–Crippen LogP) is 0.977. The second-order valence-electron chi connectivity index (χ2n) is 2.84. The Balaban J connectivity index is 2.99. The van der Waals surface area contributed by atoms with Crippen LogP contribution in [0.1, 0.15) is 16.7 Å². The van der Waals surface area contributed by atoms with E-state index in [1.54, 1.807) is 13.1 Å². The second kappa shape index (κ2) is 4.38. The molecule has 0 saturated carbocycles. The molecule has 0 aliphatic carbocycles. The van der Waals surface area contributed by atoms with E-state index in [0.717, 1.165) is 11.1 Å². The molecule has 0 radical (unpaired) electrons. The Labute approximate surface area is 82.1 Å². The minimum Gasteiger partial charge on any atom is -0.469 e. The number of nitriles is 1. The first-order chi connectivity index (χ1) is 6.69. The van der Waals surface area contributed by atoms with Crippen molar-refractivity contribution in [3.8, 4) is 6.07 Å². The van der Waals surface area contributed by atoms with E-state index in [0.29, 0.717) is 5.56 Å². The van der Waals surface area contributed by atoms with Gasteiger partial charge in [-0.25, -0.2) is 0 Å². The van der Waals surface area contributed by atoms with E-state index in [9.17, 15) is 4.79 Å². The standard InChI is InChI=1S/C10H10N2O2/c1-7-8(3-10(13)14-2)5-12-6-9(7)4-11/h5-6H,3H2,1-2H3. The van der Waals surface area contributed by atoms with Crippen LogP contribution in [0.25, 0.3) is 0 Å². The van der Waals surface area contributed by atoms with Gasteiger partial charge < -0.3 is 4.74 Å². The van der Waals surface area contributed by atoms with Crippen molar-refractivity contribution in [1.82, 2.24) is 4.98 Å². The number of aromatic nitrogens is 1. The normalized spacial score (nSPS) is 9.21. The molecule has 0 spiro atoms. The minimum atomic E-state index is -0.329. The zero-order chi connectivity index (χ0) is 10.6. The van der Waals surface area contributed by atoms with Crippen molar-refractivity contribution in [3.63, 3.8) is 0 Å². The van der Waals surface area contributed by atoms with E-state index in [1.807, 2.05) is 6.07 Å². The molecule has 1 aromatic rings. The van der Waals surface area contributed by atoms with Crippen molar-refractivity contribution in [3.05, 3.63) is 29.1 Å². The van der Waals surface area contributed by atoms with Crippen LogP contribution in [0.3, 0.4) is 0 Å². The molecule has 4 nitrogen and oxygen atoms in total. The molecule has 0 aliphatic heterocycles. The van der Waals surface area contributed by atoms with Gasteiger partial charge in [0, 0.05) is 12.4 Å². The summed E-state index contributed by atoms with van der Waals surface area (Å²) in [6.07, 6.45) is 3.22. The number of carbonyl (C=O) groups is 1. The van der Waals surface area contributed by atoms with E-state index in [1.165, 1.54) is 13.3 Å². The molecule has 0 aromatic carbocycles. The second-order valence-corrected chi connectivity index (χ2v) is 2.84. The van der Waals surface area contributed by atoms with Gasteiger partial charge in [0.15, 0.2) is 0 Å². The number of methoxy groups -OCH3 is 1. The van der Waals surface area contributed by atoms with Crippen molar-refractivity contribution >= 4 is 5.97 Å². The molecule has 1 rings (SSSR count). The van der Waals surface area contributed by atoms with Gasteiger partial charge >= 0.3 is 5.97 Å². The number of pyridine rings is 1. The van der Waals surface area contributed by atoms with Crippen LogP contribution < -0.4 is 0 Å². The molecule has 0 amide bonds. The molecule has 14 heavy (non-hydrogen) atoms. The van der Waals surface area contributed by atoms with Gasteiger partial charge in [-0.05, 0) is 18.1 Å². The maximum atomic E-state index is 11.0. The molecule has 4 heteroatoms. The fourth-order valence-electron chi connectivity index (χ4n) is 1.09.